The summed E-state index contributed by atoms with van der Waals surface area (Å²) in [4.78, 5) is 0. The minimum atomic E-state index is -0.427. The topological polar surface area (TPSA) is 0 Å². The molecule has 0 N–H and O–H groups in total. The summed E-state index contributed by atoms with van der Waals surface area (Å²) in [5.41, 5.74) is 25.8. The van der Waals surface area contributed by atoms with Crippen molar-refractivity contribution in [2.75, 3.05) is 0 Å². The van der Waals surface area contributed by atoms with E-state index in [4.69, 9.17) is 1.37 Å². The maximum Gasteiger partial charge on any atom is 0.0352 e. The van der Waals surface area contributed by atoms with Crippen molar-refractivity contribution in [2.24, 2.45) is 0 Å². The first-order valence-electron chi connectivity index (χ1n) is 42.2. The summed E-state index contributed by atoms with van der Waals surface area (Å²) in [6.45, 7) is 102. The van der Waals surface area contributed by atoms with Crippen molar-refractivity contribution >= 4 is 0 Å². The zero-order valence-corrected chi connectivity index (χ0v) is 79.0. The molecule has 0 amide bonds. The Morgan fingerprint density at radius 3 is 0.682 bits per heavy atom. The summed E-state index contributed by atoms with van der Waals surface area (Å²) in [5, 5.41) is 0. The minimum absolute atomic E-state index is 0.118. The second kappa shape index (κ2) is 39.1. The van der Waals surface area contributed by atoms with Gasteiger partial charge in [-0.1, -0.05) is 469 Å². The number of hydrogen-bond donors (Lipinski definition) is 0. The van der Waals surface area contributed by atoms with E-state index >= 15 is 0 Å². The largest absolute Gasteiger partial charge is 0.0648 e. The molecule has 0 aliphatic heterocycles. The molecule has 0 heterocycles. The van der Waals surface area contributed by atoms with Gasteiger partial charge in [-0.05, 0) is 203 Å². The van der Waals surface area contributed by atoms with Crippen LogP contribution in [0, 0.1) is 0 Å². The molecule has 0 radical (unpaired) electrons. The molecule has 0 aliphatic rings. The molecule has 0 unspecified atom stereocenters. The highest BCUT2D eigenvalue weighted by molar-refractivity contribution is 5.44. The van der Waals surface area contributed by atoms with Gasteiger partial charge in [0.25, 0.3) is 0 Å². The molecule has 107 heavy (non-hydrogen) atoms. The number of rotatable bonds is 7. The normalized spacial score (nSPS) is 13.2. The average molecular weight is 1460 g/mol. The lowest BCUT2D eigenvalue weighted by atomic mass is 9.73. The van der Waals surface area contributed by atoms with Crippen molar-refractivity contribution in [2.45, 2.75) is 425 Å². The molecule has 0 nitrogen and oxygen atoms in total. The fraction of sp³-hybridized carbons (Fsp3) is 0.607. The van der Waals surface area contributed by atoms with Gasteiger partial charge in [0.1, 0.15) is 0 Å². The van der Waals surface area contributed by atoms with Crippen molar-refractivity contribution in [3.05, 3.63) is 247 Å². The summed E-state index contributed by atoms with van der Waals surface area (Å²) in [6, 6.07) is 58.3. The van der Waals surface area contributed by atoms with E-state index in [1.165, 1.54) is 96.3 Å². The molecule has 0 heteroatoms. The van der Waals surface area contributed by atoms with Crippen LogP contribution < -0.4 is 0 Å². The van der Waals surface area contributed by atoms with Crippen LogP contribution in [-0.2, 0) is 70.4 Å². The molecule has 0 saturated heterocycles. The second-order valence-corrected chi connectivity index (χ2v) is 44.7. The summed E-state index contributed by atoms with van der Waals surface area (Å²) in [7, 11) is 0. The molecule has 600 valence electrons. The second-order valence-electron chi connectivity index (χ2n) is 44.7. The fourth-order valence-electron chi connectivity index (χ4n) is 13.2. The molecule has 0 bridgehead atoms. The van der Waals surface area contributed by atoms with Crippen LogP contribution in [-0.4, -0.2) is 0 Å². The molecule has 7 rings (SSSR count). The highest BCUT2D eigenvalue weighted by Crippen LogP contribution is 2.41. The van der Waals surface area contributed by atoms with E-state index in [1.54, 1.807) is 5.56 Å². The van der Waals surface area contributed by atoms with Crippen molar-refractivity contribution in [3.63, 3.8) is 0 Å². The van der Waals surface area contributed by atoms with Crippen LogP contribution in [0.15, 0.2) is 158 Å². The minimum Gasteiger partial charge on any atom is -0.0648 e. The maximum atomic E-state index is 8.58. The van der Waals surface area contributed by atoms with Crippen LogP contribution in [0.5, 0.6) is 0 Å². The Labute approximate surface area is 669 Å². The van der Waals surface area contributed by atoms with E-state index in [-0.39, 0.29) is 70.4 Å². The molecule has 0 fully saturated rings. The number of benzene rings is 7. The SMILES string of the molecule is CC(C)(C)c1cc(C(C)(C)C)cc(C(C)(C)C)c1.CC(C)(C)c1ccc(C(C)(C)C)c(C(C)(C)C)c1.CC(C)(C)c1ccc(C(C)(C)C)cc1.CC(C)(C)c1ccccc1C(C)(C)C.CC(C)c1ccc(C(C)(C)C)cc1.CCC(CC)c1ccccc1C(C)(C)C.[2H]C(CC)(CC)c1ccccc1C(C)(C)C. The van der Waals surface area contributed by atoms with Gasteiger partial charge < -0.3 is 0 Å². The first-order valence-corrected chi connectivity index (χ1v) is 41.7. The first-order chi connectivity index (χ1) is 48.3. The van der Waals surface area contributed by atoms with E-state index in [2.05, 4.69) is 469 Å². The van der Waals surface area contributed by atoms with Crippen molar-refractivity contribution in [1.82, 2.24) is 0 Å². The third-order valence-electron chi connectivity index (χ3n) is 20.8. The lowest BCUT2D eigenvalue weighted by molar-refractivity contribution is 0.523. The Morgan fingerprint density at radius 2 is 0.439 bits per heavy atom. The Balaban J connectivity index is 0.000000632. The van der Waals surface area contributed by atoms with Crippen molar-refractivity contribution in [1.29, 1.82) is 0 Å². The molecule has 0 saturated carbocycles. The predicted octanol–water partition coefficient (Wildman–Crippen LogP) is 33.6. The standard InChI is InChI=1S/2C18H30.2C15H24.2C14H22.C13H20/c1-16(2,3)13-10-14(17(4,5)6)12-15(11-13)18(7,8)9;1-16(2,3)13-10-11-14(17(4,5)6)15(12-13)18(7,8)9;2*1-6-12(7-2)13-10-8-9-11-14(13)15(3,4)5;1-13(2,3)11-7-9-12(10-8-11)14(4,5)6;1-13(2,3)11-9-7-8-10-12(11)14(4,5)6;1-10(2)11-6-8-12(9-7-11)13(3,4)5/h2*10-12H,1-9H3;2*8-12H,6-7H2,1-5H3;2*7-10H,1-6H3;6-10H,1-5H3/i;;12D;;;;. The van der Waals surface area contributed by atoms with Crippen molar-refractivity contribution < 1.29 is 1.37 Å². The molecule has 0 aliphatic carbocycles. The zero-order chi connectivity index (χ0) is 84.6. The maximum absolute atomic E-state index is 8.58. The van der Waals surface area contributed by atoms with Gasteiger partial charge >= 0.3 is 0 Å². The van der Waals surface area contributed by atoms with Gasteiger partial charge in [-0.3, -0.25) is 0 Å². The molecular weight excluding hydrogens is 1290 g/mol. The van der Waals surface area contributed by atoms with Gasteiger partial charge in [0, 0.05) is 1.37 Å². The summed E-state index contributed by atoms with van der Waals surface area (Å²) < 4.78 is 8.58. The Kier molecular flexibility index (Phi) is 35.7. The summed E-state index contributed by atoms with van der Waals surface area (Å²) in [6.07, 6.45) is 4.22. The lowest BCUT2D eigenvalue weighted by Crippen LogP contribution is -2.23. The molecule has 0 spiro atoms. The van der Waals surface area contributed by atoms with Gasteiger partial charge in [-0.25, -0.2) is 0 Å². The van der Waals surface area contributed by atoms with Gasteiger partial charge in [-0.15, -0.1) is 0 Å². The van der Waals surface area contributed by atoms with Crippen LogP contribution in [0.2, 0.25) is 0 Å². The first kappa shape index (κ1) is 97.6. The Bertz CT molecular complexity index is 3600. The van der Waals surface area contributed by atoms with Gasteiger partial charge in [0.05, 0.1) is 0 Å². The van der Waals surface area contributed by atoms with Gasteiger partial charge in [0.15, 0.2) is 0 Å². The molecule has 0 aromatic heterocycles. The summed E-state index contributed by atoms with van der Waals surface area (Å²) in [5.74, 6) is 0.929. The van der Waals surface area contributed by atoms with Gasteiger partial charge in [0.2, 0.25) is 0 Å². The van der Waals surface area contributed by atoms with Crippen LogP contribution in [0.3, 0.4) is 0 Å². The molecule has 7 aromatic carbocycles. The Morgan fingerprint density at radius 1 is 0.215 bits per heavy atom. The predicted molar refractivity (Wildman–Crippen MR) is 489 cm³/mol. The fourth-order valence-corrected chi connectivity index (χ4v) is 13.2. The van der Waals surface area contributed by atoms with E-state index < -0.39 is 5.89 Å². The highest BCUT2D eigenvalue weighted by Gasteiger charge is 2.30. The lowest BCUT2D eigenvalue weighted by Gasteiger charge is -2.32. The highest BCUT2D eigenvalue weighted by atomic mass is 14.3. The van der Waals surface area contributed by atoms with Crippen LogP contribution in [0.1, 0.15) is 445 Å². The van der Waals surface area contributed by atoms with E-state index in [9.17, 15) is 0 Å². The van der Waals surface area contributed by atoms with Crippen LogP contribution in [0.25, 0.3) is 0 Å². The van der Waals surface area contributed by atoms with E-state index in [0.29, 0.717) is 5.92 Å². The third-order valence-corrected chi connectivity index (χ3v) is 20.8. The van der Waals surface area contributed by atoms with Crippen molar-refractivity contribution in [3.8, 4) is 0 Å². The quantitative estimate of drug-likeness (QED) is 0.149. The monoisotopic (exact) mass is 1460 g/mol. The van der Waals surface area contributed by atoms with E-state index in [0.717, 1.165) is 18.8 Å². The third kappa shape index (κ3) is 33.6. The summed E-state index contributed by atoms with van der Waals surface area (Å²) >= 11 is 0. The molecule has 0 atom stereocenters. The average Bonchev–Trinajstić information content (AvgIpc) is 0.791. The molecular formula is C107H172. The van der Waals surface area contributed by atoms with Crippen LogP contribution >= 0.6 is 0 Å². The number of hydrogen-bond acceptors (Lipinski definition) is 0. The van der Waals surface area contributed by atoms with Crippen LogP contribution in [0.4, 0.5) is 0 Å². The molecule has 7 aromatic rings. The smallest absolute Gasteiger partial charge is 0.0352 e. The van der Waals surface area contributed by atoms with E-state index in [1.807, 2.05) is 0 Å². The Hall–Kier alpha value is -5.46. The van der Waals surface area contributed by atoms with Gasteiger partial charge in [-0.2, -0.15) is 0 Å². The zero-order valence-electron chi connectivity index (χ0n) is 80.0.